The van der Waals surface area contributed by atoms with Crippen molar-refractivity contribution in [2.24, 2.45) is 0 Å². The Hall–Kier alpha value is -3.33. The number of aryl methyl sites for hydroxylation is 1. The molecule has 2 amide bonds. The van der Waals surface area contributed by atoms with Crippen molar-refractivity contribution in [2.45, 2.75) is 44.6 Å². The second kappa shape index (κ2) is 8.47. The molecule has 1 aliphatic carbocycles. The largest absolute Gasteiger partial charge is 0.368 e. The first-order chi connectivity index (χ1) is 16.6. The van der Waals surface area contributed by atoms with Gasteiger partial charge < -0.3 is 14.5 Å². The van der Waals surface area contributed by atoms with Crippen LogP contribution >= 0.6 is 0 Å². The number of amides is 2. The lowest BCUT2D eigenvalue weighted by molar-refractivity contribution is -0.142. The van der Waals surface area contributed by atoms with Crippen molar-refractivity contribution >= 4 is 22.8 Å². The summed E-state index contributed by atoms with van der Waals surface area (Å²) < 4.78 is 7.30. The van der Waals surface area contributed by atoms with Crippen molar-refractivity contribution in [3.63, 3.8) is 0 Å². The molecule has 9 nitrogen and oxygen atoms in total. The van der Waals surface area contributed by atoms with Crippen molar-refractivity contribution in [3.05, 3.63) is 47.4 Å². The van der Waals surface area contributed by atoms with E-state index in [1.54, 1.807) is 10.9 Å². The number of carbonyl (C=O) groups excluding carboxylic acids is 2. The lowest BCUT2D eigenvalue weighted by atomic mass is 10.1. The Labute approximate surface area is 197 Å². The van der Waals surface area contributed by atoms with Crippen LogP contribution < -0.4 is 0 Å². The molecule has 34 heavy (non-hydrogen) atoms. The molecule has 0 aromatic carbocycles. The maximum absolute atomic E-state index is 13.8. The SMILES string of the molecule is Cc1nn(-c2ccccn2)c2nc(C3CC3)cc(C(=O)N3CCN(C(=O)C4CCCO4)CC3)c12. The Morgan fingerprint density at radius 1 is 1.06 bits per heavy atom. The quantitative estimate of drug-likeness (QED) is 0.594. The summed E-state index contributed by atoms with van der Waals surface area (Å²) >= 11 is 0. The van der Waals surface area contributed by atoms with Crippen LogP contribution in [0.2, 0.25) is 0 Å². The summed E-state index contributed by atoms with van der Waals surface area (Å²) in [6.45, 7) is 4.64. The minimum Gasteiger partial charge on any atom is -0.368 e. The first-order valence-electron chi connectivity index (χ1n) is 12.1. The lowest BCUT2D eigenvalue weighted by Gasteiger charge is -2.36. The molecule has 2 saturated heterocycles. The van der Waals surface area contributed by atoms with Crippen LogP contribution in [0.15, 0.2) is 30.5 Å². The summed E-state index contributed by atoms with van der Waals surface area (Å²) in [5.41, 5.74) is 3.02. The van der Waals surface area contributed by atoms with Gasteiger partial charge in [-0.2, -0.15) is 9.78 Å². The summed E-state index contributed by atoms with van der Waals surface area (Å²) in [6.07, 6.45) is 5.31. The number of aromatic nitrogens is 4. The minimum atomic E-state index is -0.316. The third kappa shape index (κ3) is 3.73. The van der Waals surface area contributed by atoms with Gasteiger partial charge in [0.25, 0.3) is 11.8 Å². The van der Waals surface area contributed by atoms with Gasteiger partial charge in [0.15, 0.2) is 11.5 Å². The maximum Gasteiger partial charge on any atom is 0.254 e. The van der Waals surface area contributed by atoms with Gasteiger partial charge in [-0.25, -0.2) is 9.97 Å². The predicted molar refractivity (Wildman–Crippen MR) is 125 cm³/mol. The van der Waals surface area contributed by atoms with Crippen LogP contribution in [-0.2, 0) is 9.53 Å². The van der Waals surface area contributed by atoms with Gasteiger partial charge in [0.2, 0.25) is 0 Å². The van der Waals surface area contributed by atoms with E-state index in [2.05, 4.69) is 4.98 Å². The minimum absolute atomic E-state index is 0.0258. The topological polar surface area (TPSA) is 93.5 Å². The molecule has 1 saturated carbocycles. The van der Waals surface area contributed by atoms with Gasteiger partial charge in [0.05, 0.1) is 16.6 Å². The maximum atomic E-state index is 13.8. The summed E-state index contributed by atoms with van der Waals surface area (Å²) in [7, 11) is 0. The number of rotatable bonds is 4. The zero-order chi connectivity index (χ0) is 23.2. The average Bonchev–Trinajstić information content (AvgIpc) is 3.48. The molecule has 9 heteroatoms. The van der Waals surface area contributed by atoms with Gasteiger partial charge in [-0.05, 0) is 50.8 Å². The van der Waals surface area contributed by atoms with Crippen LogP contribution in [0.3, 0.4) is 0 Å². The zero-order valence-corrected chi connectivity index (χ0v) is 19.3. The number of piperazine rings is 1. The molecule has 3 aliphatic rings. The summed E-state index contributed by atoms with van der Waals surface area (Å²) in [4.78, 5) is 39.5. The number of pyridine rings is 2. The van der Waals surface area contributed by atoms with Gasteiger partial charge in [-0.1, -0.05) is 6.07 Å². The third-order valence-electron chi connectivity index (χ3n) is 7.01. The van der Waals surface area contributed by atoms with Crippen LogP contribution in [0.4, 0.5) is 0 Å². The van der Waals surface area contributed by atoms with E-state index in [0.717, 1.165) is 42.5 Å². The van der Waals surface area contributed by atoms with Crippen molar-refractivity contribution in [3.8, 4) is 5.82 Å². The Morgan fingerprint density at radius 3 is 2.53 bits per heavy atom. The Morgan fingerprint density at radius 2 is 1.85 bits per heavy atom. The van der Waals surface area contributed by atoms with E-state index in [9.17, 15) is 9.59 Å². The van der Waals surface area contributed by atoms with Crippen molar-refractivity contribution in [2.75, 3.05) is 32.8 Å². The smallest absolute Gasteiger partial charge is 0.254 e. The van der Waals surface area contributed by atoms with E-state index >= 15 is 0 Å². The van der Waals surface area contributed by atoms with Crippen molar-refractivity contribution in [1.29, 1.82) is 0 Å². The predicted octanol–water partition coefficient (Wildman–Crippen LogP) is 2.46. The second-order valence-electron chi connectivity index (χ2n) is 9.37. The Balaban J connectivity index is 1.31. The van der Waals surface area contributed by atoms with Crippen molar-refractivity contribution < 1.29 is 14.3 Å². The number of ether oxygens (including phenoxy) is 1. The average molecular weight is 461 g/mol. The van der Waals surface area contributed by atoms with Crippen LogP contribution in [0.5, 0.6) is 0 Å². The summed E-state index contributed by atoms with van der Waals surface area (Å²) in [6, 6.07) is 7.63. The van der Waals surface area contributed by atoms with Crippen molar-refractivity contribution in [1.82, 2.24) is 29.5 Å². The van der Waals surface area contributed by atoms with E-state index in [0.29, 0.717) is 55.7 Å². The van der Waals surface area contributed by atoms with Gasteiger partial charge in [0, 0.05) is 50.6 Å². The van der Waals surface area contributed by atoms with Gasteiger partial charge >= 0.3 is 0 Å². The van der Waals surface area contributed by atoms with Gasteiger partial charge in [-0.15, -0.1) is 0 Å². The fourth-order valence-electron chi connectivity index (χ4n) is 4.98. The fraction of sp³-hybridized carbons (Fsp3) is 0.480. The molecule has 1 unspecified atom stereocenters. The number of nitrogens with zero attached hydrogens (tertiary/aromatic N) is 6. The van der Waals surface area contributed by atoms with Crippen LogP contribution in [0.1, 0.15) is 53.3 Å². The molecule has 0 radical (unpaired) electrons. The molecule has 1 atom stereocenters. The first kappa shape index (κ1) is 21.2. The molecule has 5 heterocycles. The first-order valence-corrected chi connectivity index (χ1v) is 12.1. The monoisotopic (exact) mass is 460 g/mol. The zero-order valence-electron chi connectivity index (χ0n) is 19.3. The molecule has 3 aromatic heterocycles. The summed E-state index contributed by atoms with van der Waals surface area (Å²) in [5.74, 6) is 1.10. The van der Waals surface area contributed by atoms with Crippen LogP contribution in [0, 0.1) is 6.92 Å². The molecule has 0 spiro atoms. The third-order valence-corrected chi connectivity index (χ3v) is 7.01. The number of carbonyl (C=O) groups is 2. The molecular formula is C25H28N6O3. The van der Waals surface area contributed by atoms with E-state index in [-0.39, 0.29) is 17.9 Å². The van der Waals surface area contributed by atoms with Gasteiger partial charge in [-0.3, -0.25) is 9.59 Å². The number of hydrogen-bond acceptors (Lipinski definition) is 6. The molecular weight excluding hydrogens is 432 g/mol. The van der Waals surface area contributed by atoms with Crippen LogP contribution in [-0.4, -0.2) is 80.3 Å². The van der Waals surface area contributed by atoms with Gasteiger partial charge in [0.1, 0.15) is 6.10 Å². The van der Waals surface area contributed by atoms with Crippen LogP contribution in [0.25, 0.3) is 16.9 Å². The van der Waals surface area contributed by atoms with E-state index < -0.39 is 0 Å². The highest BCUT2D eigenvalue weighted by atomic mass is 16.5. The standard InChI is InChI=1S/C25H28N6O3/c1-16-22-18(24(32)29-10-12-30(13-11-29)25(33)20-5-4-14-34-20)15-19(17-7-8-17)27-23(22)31(28-16)21-6-2-3-9-26-21/h2-3,6,9,15,17,20H,4-5,7-8,10-14H2,1H3. The molecule has 176 valence electrons. The molecule has 0 N–H and O–H groups in total. The molecule has 6 rings (SSSR count). The normalized spacial score (nSPS) is 20.8. The lowest BCUT2D eigenvalue weighted by Crippen LogP contribution is -2.52. The van der Waals surface area contributed by atoms with E-state index in [4.69, 9.17) is 14.8 Å². The highest BCUT2D eigenvalue weighted by molar-refractivity contribution is 6.07. The second-order valence-corrected chi connectivity index (χ2v) is 9.37. The molecule has 0 bridgehead atoms. The Kier molecular flexibility index (Phi) is 5.28. The molecule has 2 aliphatic heterocycles. The fourth-order valence-corrected chi connectivity index (χ4v) is 4.98. The highest BCUT2D eigenvalue weighted by Crippen LogP contribution is 2.41. The summed E-state index contributed by atoms with van der Waals surface area (Å²) in [5, 5.41) is 5.48. The highest BCUT2D eigenvalue weighted by Gasteiger charge is 2.34. The van der Waals surface area contributed by atoms with E-state index in [1.165, 1.54) is 0 Å². The number of hydrogen-bond donors (Lipinski definition) is 0. The Bertz CT molecular complexity index is 1240. The number of fused-ring (bicyclic) bond motifs is 1. The molecule has 3 aromatic rings. The molecule has 3 fully saturated rings. The van der Waals surface area contributed by atoms with E-state index in [1.807, 2.05) is 41.0 Å².